The van der Waals surface area contributed by atoms with Crippen LogP contribution in [0, 0.1) is 6.92 Å². The normalized spacial score (nSPS) is 9.94. The number of aryl methyl sites for hydroxylation is 1. The molecule has 0 spiro atoms. The summed E-state index contributed by atoms with van der Waals surface area (Å²) in [5, 5.41) is 9.08. The van der Waals surface area contributed by atoms with E-state index in [2.05, 4.69) is 4.98 Å². The van der Waals surface area contributed by atoms with Crippen LogP contribution in [0.2, 0.25) is 0 Å². The Labute approximate surface area is 98.5 Å². The number of rotatable bonds is 3. The van der Waals surface area contributed by atoms with E-state index in [0.29, 0.717) is 11.5 Å². The standard InChI is InChI=1S/C13H11NO3/c1-9-2-3-12(11(8-9)13(15)16)17-10-4-6-14-7-5-10/h2-8H,1H3,(H,15,16). The summed E-state index contributed by atoms with van der Waals surface area (Å²) >= 11 is 0. The highest BCUT2D eigenvalue weighted by molar-refractivity contribution is 5.91. The minimum absolute atomic E-state index is 0.154. The van der Waals surface area contributed by atoms with Gasteiger partial charge in [0.25, 0.3) is 0 Å². The van der Waals surface area contributed by atoms with Crippen LogP contribution in [0.5, 0.6) is 11.5 Å². The monoisotopic (exact) mass is 229 g/mol. The van der Waals surface area contributed by atoms with Crippen molar-refractivity contribution in [2.24, 2.45) is 0 Å². The summed E-state index contributed by atoms with van der Waals surface area (Å²) in [6.07, 6.45) is 3.17. The molecule has 0 fully saturated rings. The number of carbonyl (C=O) groups is 1. The number of benzene rings is 1. The molecule has 0 radical (unpaired) electrons. The van der Waals surface area contributed by atoms with Crippen LogP contribution in [-0.4, -0.2) is 16.1 Å². The van der Waals surface area contributed by atoms with Gasteiger partial charge in [0, 0.05) is 12.4 Å². The highest BCUT2D eigenvalue weighted by Crippen LogP contribution is 2.25. The third-order valence-electron chi connectivity index (χ3n) is 2.24. The zero-order chi connectivity index (χ0) is 12.3. The largest absolute Gasteiger partial charge is 0.478 e. The van der Waals surface area contributed by atoms with E-state index in [1.54, 1.807) is 36.7 Å². The lowest BCUT2D eigenvalue weighted by molar-refractivity contribution is 0.0694. The number of ether oxygens (including phenoxy) is 1. The van der Waals surface area contributed by atoms with Crippen molar-refractivity contribution >= 4 is 5.97 Å². The fourth-order valence-corrected chi connectivity index (χ4v) is 1.43. The Balaban J connectivity index is 2.36. The Kier molecular flexibility index (Phi) is 3.05. The first-order valence-electron chi connectivity index (χ1n) is 5.08. The SMILES string of the molecule is Cc1ccc(Oc2ccncc2)c(C(=O)O)c1. The molecule has 2 aromatic rings. The molecule has 4 nitrogen and oxygen atoms in total. The van der Waals surface area contributed by atoms with Gasteiger partial charge in [0.1, 0.15) is 17.1 Å². The average molecular weight is 229 g/mol. The average Bonchev–Trinajstić information content (AvgIpc) is 2.32. The van der Waals surface area contributed by atoms with E-state index in [-0.39, 0.29) is 5.56 Å². The summed E-state index contributed by atoms with van der Waals surface area (Å²) in [5.74, 6) is -0.113. The summed E-state index contributed by atoms with van der Waals surface area (Å²) in [7, 11) is 0. The second-order valence-corrected chi connectivity index (χ2v) is 3.59. The maximum atomic E-state index is 11.1. The van der Waals surface area contributed by atoms with Gasteiger partial charge < -0.3 is 9.84 Å². The molecule has 0 bridgehead atoms. The zero-order valence-corrected chi connectivity index (χ0v) is 9.25. The number of carboxylic acids is 1. The van der Waals surface area contributed by atoms with Gasteiger partial charge in [-0.05, 0) is 31.2 Å². The van der Waals surface area contributed by atoms with Crippen molar-refractivity contribution in [2.45, 2.75) is 6.92 Å². The fourth-order valence-electron chi connectivity index (χ4n) is 1.43. The second-order valence-electron chi connectivity index (χ2n) is 3.59. The molecule has 0 aliphatic heterocycles. The van der Waals surface area contributed by atoms with Crippen molar-refractivity contribution in [3.8, 4) is 11.5 Å². The van der Waals surface area contributed by atoms with Crippen molar-refractivity contribution in [3.63, 3.8) is 0 Å². The molecule has 86 valence electrons. The third kappa shape index (κ3) is 2.60. The van der Waals surface area contributed by atoms with E-state index in [0.717, 1.165) is 5.56 Å². The van der Waals surface area contributed by atoms with Crippen LogP contribution >= 0.6 is 0 Å². The van der Waals surface area contributed by atoms with Crippen molar-refractivity contribution in [1.82, 2.24) is 4.98 Å². The van der Waals surface area contributed by atoms with E-state index in [1.165, 1.54) is 0 Å². The summed E-state index contributed by atoms with van der Waals surface area (Å²) in [4.78, 5) is 14.9. The number of aromatic nitrogens is 1. The number of carboxylic acid groups (broad SMARTS) is 1. The highest BCUT2D eigenvalue weighted by atomic mass is 16.5. The van der Waals surface area contributed by atoms with Gasteiger partial charge >= 0.3 is 5.97 Å². The molecule has 1 aromatic carbocycles. The second kappa shape index (κ2) is 4.65. The van der Waals surface area contributed by atoms with E-state index in [9.17, 15) is 4.79 Å². The Morgan fingerprint density at radius 1 is 1.24 bits per heavy atom. The van der Waals surface area contributed by atoms with Crippen LogP contribution in [0.1, 0.15) is 15.9 Å². The number of pyridine rings is 1. The van der Waals surface area contributed by atoms with Gasteiger partial charge in [-0.1, -0.05) is 11.6 Å². The Bertz CT molecular complexity index is 538. The van der Waals surface area contributed by atoms with Gasteiger partial charge in [-0.25, -0.2) is 4.79 Å². The van der Waals surface area contributed by atoms with Gasteiger partial charge in [-0.2, -0.15) is 0 Å². The van der Waals surface area contributed by atoms with Crippen LogP contribution in [0.15, 0.2) is 42.7 Å². The van der Waals surface area contributed by atoms with Crippen LogP contribution in [0.3, 0.4) is 0 Å². The molecule has 1 N–H and O–H groups in total. The maximum Gasteiger partial charge on any atom is 0.339 e. The minimum Gasteiger partial charge on any atom is -0.478 e. The van der Waals surface area contributed by atoms with Crippen LogP contribution in [0.4, 0.5) is 0 Å². The van der Waals surface area contributed by atoms with Crippen molar-refractivity contribution < 1.29 is 14.6 Å². The first-order chi connectivity index (χ1) is 8.16. The lowest BCUT2D eigenvalue weighted by Crippen LogP contribution is -2.00. The van der Waals surface area contributed by atoms with E-state index < -0.39 is 5.97 Å². The van der Waals surface area contributed by atoms with Crippen molar-refractivity contribution in [1.29, 1.82) is 0 Å². The molecule has 1 aromatic heterocycles. The Hall–Kier alpha value is -2.36. The number of hydrogen-bond acceptors (Lipinski definition) is 3. The zero-order valence-electron chi connectivity index (χ0n) is 9.25. The molecular weight excluding hydrogens is 218 g/mol. The molecule has 4 heteroatoms. The number of nitrogens with zero attached hydrogens (tertiary/aromatic N) is 1. The fraction of sp³-hybridized carbons (Fsp3) is 0.0769. The number of hydrogen-bond donors (Lipinski definition) is 1. The summed E-state index contributed by atoms with van der Waals surface area (Å²) in [6.45, 7) is 1.84. The van der Waals surface area contributed by atoms with E-state index in [1.807, 2.05) is 13.0 Å². The van der Waals surface area contributed by atoms with Crippen molar-refractivity contribution in [2.75, 3.05) is 0 Å². The molecule has 0 amide bonds. The van der Waals surface area contributed by atoms with Crippen LogP contribution in [-0.2, 0) is 0 Å². The summed E-state index contributed by atoms with van der Waals surface area (Å²) in [6, 6.07) is 8.39. The molecule has 0 atom stereocenters. The quantitative estimate of drug-likeness (QED) is 0.879. The summed E-state index contributed by atoms with van der Waals surface area (Å²) < 4.78 is 5.50. The maximum absolute atomic E-state index is 11.1. The van der Waals surface area contributed by atoms with Gasteiger partial charge in [-0.15, -0.1) is 0 Å². The van der Waals surface area contributed by atoms with E-state index in [4.69, 9.17) is 9.84 Å². The Morgan fingerprint density at radius 2 is 1.94 bits per heavy atom. The molecule has 0 unspecified atom stereocenters. The molecular formula is C13H11NO3. The number of aromatic carboxylic acids is 1. The molecule has 0 aliphatic rings. The molecule has 2 rings (SSSR count). The van der Waals surface area contributed by atoms with E-state index >= 15 is 0 Å². The third-order valence-corrected chi connectivity index (χ3v) is 2.24. The first-order valence-corrected chi connectivity index (χ1v) is 5.08. The van der Waals surface area contributed by atoms with Gasteiger partial charge in [0.15, 0.2) is 0 Å². The van der Waals surface area contributed by atoms with Crippen LogP contribution < -0.4 is 4.74 Å². The predicted octanol–water partition coefficient (Wildman–Crippen LogP) is 2.88. The van der Waals surface area contributed by atoms with Gasteiger partial charge in [-0.3, -0.25) is 4.98 Å². The lowest BCUT2D eigenvalue weighted by atomic mass is 10.1. The highest BCUT2D eigenvalue weighted by Gasteiger charge is 2.11. The topological polar surface area (TPSA) is 59.4 Å². The molecule has 0 saturated carbocycles. The van der Waals surface area contributed by atoms with Crippen molar-refractivity contribution in [3.05, 3.63) is 53.9 Å². The van der Waals surface area contributed by atoms with Crippen LogP contribution in [0.25, 0.3) is 0 Å². The Morgan fingerprint density at radius 3 is 2.59 bits per heavy atom. The lowest BCUT2D eigenvalue weighted by Gasteiger charge is -2.08. The minimum atomic E-state index is -1.00. The molecule has 0 aliphatic carbocycles. The van der Waals surface area contributed by atoms with Gasteiger partial charge in [0.05, 0.1) is 0 Å². The first kappa shape index (κ1) is 11.1. The molecule has 17 heavy (non-hydrogen) atoms. The molecule has 0 saturated heterocycles. The van der Waals surface area contributed by atoms with Gasteiger partial charge in [0.2, 0.25) is 0 Å². The predicted molar refractivity (Wildman–Crippen MR) is 62.4 cm³/mol. The molecule has 1 heterocycles. The summed E-state index contributed by atoms with van der Waals surface area (Å²) in [5.41, 5.74) is 1.03. The smallest absolute Gasteiger partial charge is 0.339 e.